The molecule has 0 aliphatic carbocycles. The third-order valence-electron chi connectivity index (χ3n) is 5.35. The number of sulfonamides is 1. The minimum atomic E-state index is -3.49. The molecule has 2 aromatic carbocycles. The molecule has 30 heavy (non-hydrogen) atoms. The van der Waals surface area contributed by atoms with Crippen molar-refractivity contribution in [2.75, 3.05) is 19.6 Å². The summed E-state index contributed by atoms with van der Waals surface area (Å²) < 4.78 is 32.8. The lowest BCUT2D eigenvalue weighted by Crippen LogP contribution is -2.41. The van der Waals surface area contributed by atoms with Crippen molar-refractivity contribution < 1.29 is 17.6 Å². The number of fused-ring (bicyclic) bond motifs is 1. The van der Waals surface area contributed by atoms with Crippen molar-refractivity contribution in [3.63, 3.8) is 0 Å². The Morgan fingerprint density at radius 1 is 1.07 bits per heavy atom. The van der Waals surface area contributed by atoms with Crippen LogP contribution in [0.25, 0.3) is 17.0 Å². The lowest BCUT2D eigenvalue weighted by molar-refractivity contribution is 0.0662. The van der Waals surface area contributed by atoms with E-state index in [0.29, 0.717) is 31.0 Å². The van der Waals surface area contributed by atoms with Crippen molar-refractivity contribution in [2.24, 2.45) is 5.92 Å². The number of furan rings is 1. The Morgan fingerprint density at radius 2 is 1.77 bits per heavy atom. The summed E-state index contributed by atoms with van der Waals surface area (Å²) in [5.74, 6) is 0.432. The molecule has 1 amide bonds. The fraction of sp³-hybridized carbons (Fsp3) is 0.261. The van der Waals surface area contributed by atoms with Gasteiger partial charge in [-0.3, -0.25) is 4.79 Å². The third-order valence-corrected chi connectivity index (χ3v) is 6.41. The Kier molecular flexibility index (Phi) is 6.01. The number of likely N-dealkylation sites (tertiary alicyclic amines) is 1. The number of benzene rings is 2. The van der Waals surface area contributed by atoms with E-state index in [4.69, 9.17) is 4.42 Å². The van der Waals surface area contributed by atoms with Crippen molar-refractivity contribution in [1.29, 1.82) is 0 Å². The highest BCUT2D eigenvalue weighted by atomic mass is 32.2. The minimum absolute atomic E-state index is 0.115. The highest BCUT2D eigenvalue weighted by molar-refractivity contribution is 7.92. The molecule has 4 rings (SSSR count). The summed E-state index contributed by atoms with van der Waals surface area (Å²) in [6.07, 6.45) is 3.07. The van der Waals surface area contributed by atoms with Crippen LogP contribution in [0.1, 0.15) is 29.0 Å². The molecular formula is C23H24N2O4S. The number of nitrogens with zero attached hydrogens (tertiary/aromatic N) is 1. The van der Waals surface area contributed by atoms with Gasteiger partial charge in [0.25, 0.3) is 5.91 Å². The number of hydrogen-bond donors (Lipinski definition) is 1. The molecule has 1 N–H and O–H groups in total. The summed E-state index contributed by atoms with van der Waals surface area (Å²) in [5.41, 5.74) is 1.54. The van der Waals surface area contributed by atoms with Crippen molar-refractivity contribution in [3.05, 3.63) is 77.4 Å². The number of para-hydroxylation sites is 1. The second-order valence-electron chi connectivity index (χ2n) is 7.49. The van der Waals surface area contributed by atoms with Gasteiger partial charge in [0.1, 0.15) is 5.58 Å². The van der Waals surface area contributed by atoms with E-state index in [1.54, 1.807) is 17.0 Å². The standard InChI is InChI=1S/C23H24N2O4S/c26-23(22-16-20-8-4-5-9-21(20)29-22)25-13-10-19(11-14-25)17-24-30(27,28)15-12-18-6-2-1-3-7-18/h1-9,12,15-16,19,24H,10-11,13-14,17H2. The van der Waals surface area contributed by atoms with E-state index in [0.717, 1.165) is 23.8 Å². The van der Waals surface area contributed by atoms with Crippen LogP contribution in [-0.4, -0.2) is 38.9 Å². The average molecular weight is 425 g/mol. The summed E-state index contributed by atoms with van der Waals surface area (Å²) in [7, 11) is -3.49. The first-order valence-electron chi connectivity index (χ1n) is 10.0. The van der Waals surface area contributed by atoms with Crippen LogP contribution >= 0.6 is 0 Å². The predicted octanol–water partition coefficient (Wildman–Crippen LogP) is 3.88. The smallest absolute Gasteiger partial charge is 0.289 e. The molecule has 7 heteroatoms. The van der Waals surface area contributed by atoms with Gasteiger partial charge in [-0.15, -0.1) is 0 Å². The summed E-state index contributed by atoms with van der Waals surface area (Å²) in [4.78, 5) is 14.5. The molecule has 3 aromatic rings. The summed E-state index contributed by atoms with van der Waals surface area (Å²) in [5, 5.41) is 2.11. The maximum atomic E-state index is 12.7. The number of carbonyl (C=O) groups is 1. The zero-order valence-electron chi connectivity index (χ0n) is 16.5. The first kappa shape index (κ1) is 20.4. The van der Waals surface area contributed by atoms with Gasteiger partial charge in [-0.2, -0.15) is 0 Å². The monoisotopic (exact) mass is 424 g/mol. The number of amides is 1. The molecule has 0 bridgehead atoms. The lowest BCUT2D eigenvalue weighted by Gasteiger charge is -2.31. The van der Waals surface area contributed by atoms with Crippen molar-refractivity contribution >= 4 is 33.0 Å². The van der Waals surface area contributed by atoms with E-state index in [1.165, 1.54) is 5.41 Å². The van der Waals surface area contributed by atoms with Gasteiger partial charge >= 0.3 is 0 Å². The Bertz CT molecular complexity index is 1110. The number of nitrogens with one attached hydrogen (secondary N) is 1. The molecule has 1 aromatic heterocycles. The van der Waals surface area contributed by atoms with Crippen LogP contribution in [0.2, 0.25) is 0 Å². The van der Waals surface area contributed by atoms with E-state index >= 15 is 0 Å². The maximum Gasteiger partial charge on any atom is 0.289 e. The van der Waals surface area contributed by atoms with E-state index in [9.17, 15) is 13.2 Å². The van der Waals surface area contributed by atoms with Gasteiger partial charge < -0.3 is 9.32 Å². The van der Waals surface area contributed by atoms with Crippen LogP contribution in [-0.2, 0) is 10.0 Å². The summed E-state index contributed by atoms with van der Waals surface area (Å²) >= 11 is 0. The number of hydrogen-bond acceptors (Lipinski definition) is 4. The molecular weight excluding hydrogens is 400 g/mol. The first-order chi connectivity index (χ1) is 14.5. The number of piperidine rings is 1. The van der Waals surface area contributed by atoms with Gasteiger partial charge in [-0.25, -0.2) is 13.1 Å². The van der Waals surface area contributed by atoms with E-state index in [1.807, 2.05) is 54.6 Å². The molecule has 0 saturated carbocycles. The van der Waals surface area contributed by atoms with Gasteiger partial charge in [0.2, 0.25) is 10.0 Å². The molecule has 1 fully saturated rings. The van der Waals surface area contributed by atoms with Crippen molar-refractivity contribution in [1.82, 2.24) is 9.62 Å². The largest absolute Gasteiger partial charge is 0.451 e. The fourth-order valence-electron chi connectivity index (χ4n) is 3.60. The lowest BCUT2D eigenvalue weighted by atomic mass is 9.97. The Labute approximate surface area is 176 Å². The van der Waals surface area contributed by atoms with Crippen LogP contribution in [0, 0.1) is 5.92 Å². The highest BCUT2D eigenvalue weighted by Crippen LogP contribution is 2.23. The van der Waals surface area contributed by atoms with Gasteiger partial charge in [-0.1, -0.05) is 48.5 Å². The second-order valence-corrected chi connectivity index (χ2v) is 9.14. The quantitative estimate of drug-likeness (QED) is 0.651. The molecule has 0 unspecified atom stereocenters. The summed E-state index contributed by atoms with van der Waals surface area (Å²) in [6.45, 7) is 1.54. The minimum Gasteiger partial charge on any atom is -0.451 e. The molecule has 156 valence electrons. The highest BCUT2D eigenvalue weighted by Gasteiger charge is 2.26. The first-order valence-corrected chi connectivity index (χ1v) is 11.6. The van der Waals surface area contributed by atoms with Gasteiger partial charge in [0, 0.05) is 30.4 Å². The van der Waals surface area contributed by atoms with Crippen LogP contribution in [0.3, 0.4) is 0 Å². The average Bonchev–Trinajstić information content (AvgIpc) is 3.21. The van der Waals surface area contributed by atoms with E-state index in [-0.39, 0.29) is 11.8 Å². The van der Waals surface area contributed by atoms with E-state index < -0.39 is 10.0 Å². The second kappa shape index (κ2) is 8.85. The van der Waals surface area contributed by atoms with Crippen molar-refractivity contribution in [3.8, 4) is 0 Å². The zero-order chi connectivity index (χ0) is 21.0. The predicted molar refractivity (Wildman–Crippen MR) is 117 cm³/mol. The number of carbonyl (C=O) groups excluding carboxylic acids is 1. The molecule has 0 radical (unpaired) electrons. The van der Waals surface area contributed by atoms with Crippen LogP contribution in [0.15, 0.2) is 70.5 Å². The fourth-order valence-corrected chi connectivity index (χ4v) is 4.50. The van der Waals surface area contributed by atoms with Gasteiger partial charge in [0.05, 0.1) is 0 Å². The molecule has 1 aliphatic rings. The Hall–Kier alpha value is -2.90. The van der Waals surface area contributed by atoms with Crippen molar-refractivity contribution in [2.45, 2.75) is 12.8 Å². The maximum absolute atomic E-state index is 12.7. The molecule has 6 nitrogen and oxygen atoms in total. The molecule has 0 spiro atoms. The number of rotatable bonds is 6. The van der Waals surface area contributed by atoms with Gasteiger partial charge in [0.15, 0.2) is 5.76 Å². The molecule has 2 heterocycles. The Morgan fingerprint density at radius 3 is 2.50 bits per heavy atom. The Balaban J connectivity index is 1.28. The topological polar surface area (TPSA) is 79.6 Å². The van der Waals surface area contributed by atoms with E-state index in [2.05, 4.69) is 4.72 Å². The summed E-state index contributed by atoms with van der Waals surface area (Å²) in [6, 6.07) is 18.6. The SMILES string of the molecule is O=C(c1cc2ccccc2o1)N1CCC(CNS(=O)(=O)C=Cc2ccccc2)CC1. The van der Waals surface area contributed by atoms with Crippen LogP contribution in [0.4, 0.5) is 0 Å². The normalized spacial score (nSPS) is 15.8. The molecule has 1 aliphatic heterocycles. The van der Waals surface area contributed by atoms with Crippen LogP contribution < -0.4 is 4.72 Å². The van der Waals surface area contributed by atoms with Crippen LogP contribution in [0.5, 0.6) is 0 Å². The molecule has 1 saturated heterocycles. The zero-order valence-corrected chi connectivity index (χ0v) is 17.3. The third kappa shape index (κ3) is 4.98. The van der Waals surface area contributed by atoms with Gasteiger partial charge in [-0.05, 0) is 42.5 Å². The molecule has 0 atom stereocenters.